The Hall–Kier alpha value is -2.30. The Labute approximate surface area is 236 Å². The van der Waals surface area contributed by atoms with Gasteiger partial charge in [-0.3, -0.25) is 0 Å². The van der Waals surface area contributed by atoms with E-state index < -0.39 is 0 Å². The van der Waals surface area contributed by atoms with Crippen molar-refractivity contribution in [3.05, 3.63) is 72.9 Å². The number of unbranched alkanes of at least 4 members (excludes halogenated alkanes) is 2. The molecule has 0 amide bonds. The largest absolute Gasteiger partial charge is 1.00 e. The summed E-state index contributed by atoms with van der Waals surface area (Å²) in [4.78, 5) is 6.81. The predicted octanol–water partition coefficient (Wildman–Crippen LogP) is -0.577. The third-order valence-corrected chi connectivity index (χ3v) is 6.08. The maximum absolute atomic E-state index is 6.15. The summed E-state index contributed by atoms with van der Waals surface area (Å²) in [5.41, 5.74) is 13.5. The second-order valence-electron chi connectivity index (χ2n) is 8.85. The van der Waals surface area contributed by atoms with Crippen molar-refractivity contribution < 1.29 is 23.6 Å². The van der Waals surface area contributed by atoms with Crippen LogP contribution in [0.15, 0.2) is 35.5 Å². The molecule has 0 saturated heterocycles. The van der Waals surface area contributed by atoms with Crippen molar-refractivity contribution >= 4 is 17.7 Å². The summed E-state index contributed by atoms with van der Waals surface area (Å²) in [6.07, 6.45) is 9.56. The molecule has 8 heteroatoms. The molecular weight excluding hydrogens is 455 g/mol. The fourth-order valence-electron chi connectivity index (χ4n) is 4.01. The van der Waals surface area contributed by atoms with Crippen LogP contribution >= 0.6 is 0 Å². The molecule has 2 aromatic rings. The minimum Gasteiger partial charge on any atom is -0.509 e. The molecule has 0 bridgehead atoms. The zero-order valence-electron chi connectivity index (χ0n) is 23.3. The van der Waals surface area contributed by atoms with Gasteiger partial charge in [0, 0.05) is 38.8 Å². The van der Waals surface area contributed by atoms with Gasteiger partial charge >= 0.3 is 18.9 Å². The van der Waals surface area contributed by atoms with Gasteiger partial charge in [-0.25, -0.2) is 4.99 Å². The van der Waals surface area contributed by atoms with Gasteiger partial charge in [0.05, 0.1) is 18.2 Å². The topological polar surface area (TPSA) is 93.8 Å². The van der Waals surface area contributed by atoms with Crippen LogP contribution in [0.2, 0.25) is 0 Å². The molecule has 1 aromatic heterocycles. The van der Waals surface area contributed by atoms with Crippen LogP contribution in [0, 0.1) is 20.8 Å². The van der Waals surface area contributed by atoms with E-state index in [2.05, 4.69) is 66.9 Å². The Balaban J connectivity index is 0.000000661. The van der Waals surface area contributed by atoms with E-state index in [1.54, 1.807) is 7.11 Å². The van der Waals surface area contributed by atoms with Crippen molar-refractivity contribution in [2.24, 2.45) is 16.5 Å². The minimum absolute atomic E-state index is 0. The Kier molecular flexibility index (Phi) is 15.9. The Morgan fingerprint density at radius 1 is 1.19 bits per heavy atom. The molecule has 1 aromatic carbocycles. The van der Waals surface area contributed by atoms with E-state index in [-0.39, 0.29) is 18.9 Å². The normalized spacial score (nSPS) is 16.5. The molecular formula is C29H45LiN6O-2. The third-order valence-electron chi connectivity index (χ3n) is 6.08. The van der Waals surface area contributed by atoms with Crippen LogP contribution in [0.1, 0.15) is 50.2 Å². The Morgan fingerprint density at radius 3 is 2.57 bits per heavy atom. The van der Waals surface area contributed by atoms with Gasteiger partial charge in [0.15, 0.2) is 5.82 Å². The van der Waals surface area contributed by atoms with Crippen LogP contribution in [-0.2, 0) is 6.54 Å². The summed E-state index contributed by atoms with van der Waals surface area (Å²) in [6, 6.07) is 8.22. The number of nitrogens with one attached hydrogen (secondary N) is 1. The van der Waals surface area contributed by atoms with E-state index >= 15 is 0 Å². The number of rotatable bonds is 12. The quantitative estimate of drug-likeness (QED) is 0.206. The van der Waals surface area contributed by atoms with Crippen molar-refractivity contribution in [1.29, 1.82) is 0 Å². The molecule has 3 rings (SSSR count). The number of hydrogen-bond acceptors (Lipinski definition) is 6. The molecule has 0 radical (unpaired) electrons. The molecule has 1 aliphatic rings. The number of amidine groups is 1. The molecule has 0 fully saturated rings. The molecule has 7 nitrogen and oxygen atoms in total. The zero-order chi connectivity index (χ0) is 26.3. The van der Waals surface area contributed by atoms with E-state index in [9.17, 15) is 0 Å². The summed E-state index contributed by atoms with van der Waals surface area (Å²) in [7, 11) is 1.70. The first-order valence-electron chi connectivity index (χ1n) is 12.9. The van der Waals surface area contributed by atoms with Crippen molar-refractivity contribution in [2.75, 3.05) is 39.8 Å². The van der Waals surface area contributed by atoms with Gasteiger partial charge in [0.1, 0.15) is 5.84 Å². The molecule has 37 heavy (non-hydrogen) atoms. The smallest absolute Gasteiger partial charge is 0.509 e. The maximum atomic E-state index is 6.15. The Bertz CT molecular complexity index is 1070. The maximum Gasteiger partial charge on any atom is 1.00 e. The number of fused-ring (bicyclic) bond motifs is 1. The van der Waals surface area contributed by atoms with Crippen molar-refractivity contribution in [2.45, 2.75) is 45.6 Å². The molecule has 0 atom stereocenters. The van der Waals surface area contributed by atoms with Gasteiger partial charge in [0.2, 0.25) is 0 Å². The second kappa shape index (κ2) is 18.0. The van der Waals surface area contributed by atoms with Crippen LogP contribution in [0.25, 0.3) is 11.9 Å². The fraction of sp³-hybridized carbons (Fsp3) is 0.448. The van der Waals surface area contributed by atoms with E-state index in [1.165, 1.54) is 18.1 Å². The van der Waals surface area contributed by atoms with Gasteiger partial charge in [-0.15, -0.1) is 25.2 Å². The Morgan fingerprint density at radius 2 is 1.95 bits per heavy atom. The number of nitrogens with zero attached hydrogens (tertiary/aromatic N) is 3. The number of aliphatic imine (C=N–C) groups is 1. The monoisotopic (exact) mass is 500 g/mol. The van der Waals surface area contributed by atoms with Gasteiger partial charge in [-0.1, -0.05) is 25.8 Å². The van der Waals surface area contributed by atoms with Crippen molar-refractivity contribution in [1.82, 2.24) is 14.8 Å². The number of methoxy groups -OCH3 is 1. The molecule has 2 heterocycles. The van der Waals surface area contributed by atoms with Crippen LogP contribution in [0.3, 0.4) is 0 Å². The number of nitrogens with two attached hydrogens (primary N) is 2. The van der Waals surface area contributed by atoms with Crippen LogP contribution in [0.5, 0.6) is 5.75 Å². The van der Waals surface area contributed by atoms with E-state index in [1.807, 2.05) is 12.1 Å². The SMILES string of the molecule is [CH2-]CN(C[CH2-])CCN.[CH2-]c1ccc(Cn2ccc3/c2=C(NCCCCC)\N=C(\N)CC\C=3)c(OC)c1.[Li+]. The molecule has 0 spiro atoms. The molecule has 0 aliphatic carbocycles. The third kappa shape index (κ3) is 10.5. The van der Waals surface area contributed by atoms with Gasteiger partial charge in [-0.2, -0.15) is 18.6 Å². The average Bonchev–Trinajstić information content (AvgIpc) is 3.26. The standard InChI is InChI=1S/C23H31N4O.C6H14N2.Li/c1-4-5-6-13-25-23-22-18(8-7-9-21(24)26-23)12-14-27(22)16-19-11-10-17(2)15-20(19)28-3;1-3-8(4-2)6-5-7;/h8,10-12,14-15,25H,2,4-7,9,13,16H2,1,3H3,(H2,24,26);1-7H2;/q-1;-2;+1/b18-8-,23-22+;;. The zero-order valence-corrected chi connectivity index (χ0v) is 23.3. The number of aromatic nitrogens is 1. The van der Waals surface area contributed by atoms with E-state index in [0.717, 1.165) is 73.5 Å². The van der Waals surface area contributed by atoms with E-state index in [0.29, 0.717) is 18.9 Å². The first-order valence-corrected chi connectivity index (χ1v) is 12.9. The first-order chi connectivity index (χ1) is 17.5. The molecule has 1 aliphatic heterocycles. The second-order valence-corrected chi connectivity index (χ2v) is 8.85. The van der Waals surface area contributed by atoms with E-state index in [4.69, 9.17) is 21.2 Å². The first kappa shape index (κ1) is 32.7. The summed E-state index contributed by atoms with van der Waals surface area (Å²) in [5, 5.41) is 5.81. The average molecular weight is 501 g/mol. The summed E-state index contributed by atoms with van der Waals surface area (Å²) in [5.74, 6) is 2.38. The fourth-order valence-corrected chi connectivity index (χ4v) is 4.01. The number of hydrogen-bond donors (Lipinski definition) is 3. The van der Waals surface area contributed by atoms with Crippen LogP contribution < -0.4 is 50.9 Å². The van der Waals surface area contributed by atoms with Gasteiger partial charge < -0.3 is 44.8 Å². The van der Waals surface area contributed by atoms with Crippen molar-refractivity contribution in [3.63, 3.8) is 0 Å². The molecule has 0 unspecified atom stereocenters. The summed E-state index contributed by atoms with van der Waals surface area (Å²) >= 11 is 0. The van der Waals surface area contributed by atoms with Gasteiger partial charge in [0.25, 0.3) is 0 Å². The molecule has 200 valence electrons. The predicted molar refractivity (Wildman–Crippen MR) is 153 cm³/mol. The minimum atomic E-state index is 0. The van der Waals surface area contributed by atoms with Crippen LogP contribution in [-0.4, -0.2) is 55.1 Å². The van der Waals surface area contributed by atoms with Crippen molar-refractivity contribution in [3.8, 4) is 5.75 Å². The summed E-state index contributed by atoms with van der Waals surface area (Å²) in [6.45, 7) is 18.4. The van der Waals surface area contributed by atoms with Gasteiger partial charge in [-0.05, 0) is 29.7 Å². The molecule has 5 N–H and O–H groups in total. The number of ether oxygens (including phenoxy) is 1. The number of benzene rings is 1. The summed E-state index contributed by atoms with van der Waals surface area (Å²) < 4.78 is 7.79. The van der Waals surface area contributed by atoms with Crippen LogP contribution in [0.4, 0.5) is 0 Å². The molecule has 0 saturated carbocycles.